The van der Waals surface area contributed by atoms with E-state index in [2.05, 4.69) is 0 Å². The van der Waals surface area contributed by atoms with E-state index in [0.717, 1.165) is 17.7 Å². The van der Waals surface area contributed by atoms with Crippen LogP contribution in [-0.2, 0) is 4.79 Å². The van der Waals surface area contributed by atoms with Crippen molar-refractivity contribution in [3.63, 3.8) is 0 Å². The number of allylic oxidation sites excluding steroid dienone is 1. The summed E-state index contributed by atoms with van der Waals surface area (Å²) < 4.78 is 10.8. The van der Waals surface area contributed by atoms with Gasteiger partial charge in [-0.15, -0.1) is 0 Å². The van der Waals surface area contributed by atoms with Gasteiger partial charge in [-0.1, -0.05) is 24.3 Å². The molecule has 1 amide bonds. The maximum atomic E-state index is 12.6. The first-order valence-corrected chi connectivity index (χ1v) is 9.06. The highest BCUT2D eigenvalue weighted by Gasteiger charge is 2.22. The molecule has 27 heavy (non-hydrogen) atoms. The summed E-state index contributed by atoms with van der Waals surface area (Å²) in [5, 5.41) is 0. The molecule has 0 radical (unpaired) electrons. The third kappa shape index (κ3) is 4.37. The molecule has 2 aromatic carbocycles. The third-order valence-corrected chi connectivity index (χ3v) is 4.43. The van der Waals surface area contributed by atoms with Crippen molar-refractivity contribution in [1.29, 1.82) is 0 Å². The van der Waals surface area contributed by atoms with E-state index in [0.29, 0.717) is 36.6 Å². The van der Waals surface area contributed by atoms with E-state index < -0.39 is 0 Å². The van der Waals surface area contributed by atoms with Crippen LogP contribution in [-0.4, -0.2) is 32.0 Å². The van der Waals surface area contributed by atoms with Gasteiger partial charge in [0.15, 0.2) is 17.3 Å². The molecule has 0 N–H and O–H groups in total. The van der Waals surface area contributed by atoms with E-state index in [1.807, 2.05) is 37.3 Å². The summed E-state index contributed by atoms with van der Waals surface area (Å²) >= 11 is 0. The van der Waals surface area contributed by atoms with E-state index in [1.54, 1.807) is 30.2 Å². The predicted octanol–water partition coefficient (Wildman–Crippen LogP) is 4.12. The monoisotopic (exact) mass is 365 g/mol. The molecule has 0 saturated carbocycles. The number of anilines is 1. The Labute approximate surface area is 159 Å². The fourth-order valence-electron chi connectivity index (χ4n) is 3.08. The van der Waals surface area contributed by atoms with Crippen molar-refractivity contribution in [1.82, 2.24) is 0 Å². The Bertz CT molecular complexity index is 872. The molecule has 140 valence electrons. The second-order valence-electron chi connectivity index (χ2n) is 6.24. The van der Waals surface area contributed by atoms with Gasteiger partial charge in [-0.05, 0) is 49.2 Å². The van der Waals surface area contributed by atoms with Crippen LogP contribution in [0.5, 0.6) is 11.5 Å². The van der Waals surface area contributed by atoms with Gasteiger partial charge in [-0.3, -0.25) is 9.59 Å². The lowest BCUT2D eigenvalue weighted by molar-refractivity contribution is -0.117. The molecule has 0 bridgehead atoms. The lowest BCUT2D eigenvalue weighted by Crippen LogP contribution is -2.23. The summed E-state index contributed by atoms with van der Waals surface area (Å²) in [6.07, 6.45) is 4.70. The van der Waals surface area contributed by atoms with Crippen LogP contribution < -0.4 is 14.4 Å². The summed E-state index contributed by atoms with van der Waals surface area (Å²) in [5.41, 5.74) is 2.18. The van der Waals surface area contributed by atoms with Crippen LogP contribution in [0.3, 0.4) is 0 Å². The first kappa shape index (κ1) is 18.7. The van der Waals surface area contributed by atoms with Crippen molar-refractivity contribution < 1.29 is 19.1 Å². The summed E-state index contributed by atoms with van der Waals surface area (Å²) in [6, 6.07) is 12.7. The molecule has 1 aliphatic heterocycles. The van der Waals surface area contributed by atoms with Gasteiger partial charge in [0.25, 0.3) is 0 Å². The molecular weight excluding hydrogens is 342 g/mol. The molecule has 1 heterocycles. The number of benzene rings is 2. The summed E-state index contributed by atoms with van der Waals surface area (Å²) in [7, 11) is 1.59. The van der Waals surface area contributed by atoms with Gasteiger partial charge >= 0.3 is 0 Å². The topological polar surface area (TPSA) is 55.8 Å². The molecule has 1 saturated heterocycles. The Morgan fingerprint density at radius 3 is 2.74 bits per heavy atom. The number of hydrogen-bond acceptors (Lipinski definition) is 4. The van der Waals surface area contributed by atoms with Crippen molar-refractivity contribution in [3.05, 3.63) is 59.7 Å². The number of carbonyl (C=O) groups excluding carboxylic acids is 2. The lowest BCUT2D eigenvalue weighted by Gasteiger charge is -2.16. The van der Waals surface area contributed by atoms with Crippen LogP contribution in [0.25, 0.3) is 6.08 Å². The van der Waals surface area contributed by atoms with Crippen molar-refractivity contribution in [2.75, 3.05) is 25.2 Å². The van der Waals surface area contributed by atoms with Gasteiger partial charge in [-0.25, -0.2) is 0 Å². The minimum atomic E-state index is -0.114. The smallest absolute Gasteiger partial charge is 0.227 e. The van der Waals surface area contributed by atoms with E-state index in [1.165, 1.54) is 6.08 Å². The number of nitrogens with zero attached hydrogens (tertiary/aromatic N) is 1. The Morgan fingerprint density at radius 2 is 2.04 bits per heavy atom. The van der Waals surface area contributed by atoms with E-state index in [4.69, 9.17) is 9.47 Å². The van der Waals surface area contributed by atoms with Gasteiger partial charge in [0.05, 0.1) is 13.7 Å². The second-order valence-corrected chi connectivity index (χ2v) is 6.24. The fraction of sp³-hybridized carbons (Fsp3) is 0.273. The van der Waals surface area contributed by atoms with Gasteiger partial charge in [0.1, 0.15) is 0 Å². The van der Waals surface area contributed by atoms with E-state index >= 15 is 0 Å². The highest BCUT2D eigenvalue weighted by molar-refractivity contribution is 6.08. The van der Waals surface area contributed by atoms with Gasteiger partial charge in [-0.2, -0.15) is 0 Å². The number of carbonyl (C=O) groups is 2. The van der Waals surface area contributed by atoms with Crippen LogP contribution in [0.15, 0.2) is 48.5 Å². The van der Waals surface area contributed by atoms with Crippen molar-refractivity contribution in [2.45, 2.75) is 19.8 Å². The molecule has 5 heteroatoms. The minimum Gasteiger partial charge on any atom is -0.493 e. The van der Waals surface area contributed by atoms with Crippen LogP contribution >= 0.6 is 0 Å². The van der Waals surface area contributed by atoms with Crippen LogP contribution in [0.2, 0.25) is 0 Å². The Hall–Kier alpha value is -3.08. The first-order chi connectivity index (χ1) is 13.1. The number of amides is 1. The van der Waals surface area contributed by atoms with Gasteiger partial charge in [0.2, 0.25) is 5.91 Å². The SMILES string of the molecule is CCOc1cc(/C=C/C(=O)c2cccc(N3CCCC3=O)c2)ccc1OC. The average molecular weight is 365 g/mol. The quantitative estimate of drug-likeness (QED) is 0.547. The first-order valence-electron chi connectivity index (χ1n) is 9.06. The zero-order valence-electron chi connectivity index (χ0n) is 15.6. The van der Waals surface area contributed by atoms with Gasteiger partial charge < -0.3 is 14.4 Å². The molecule has 1 aliphatic rings. The van der Waals surface area contributed by atoms with E-state index in [9.17, 15) is 9.59 Å². The zero-order chi connectivity index (χ0) is 19.2. The second kappa shape index (κ2) is 8.54. The fourth-order valence-corrected chi connectivity index (χ4v) is 3.08. The molecule has 5 nitrogen and oxygen atoms in total. The highest BCUT2D eigenvalue weighted by Crippen LogP contribution is 2.28. The molecule has 0 atom stereocenters. The summed E-state index contributed by atoms with van der Waals surface area (Å²) in [5.74, 6) is 1.29. The molecule has 0 unspecified atom stereocenters. The Kier molecular flexibility index (Phi) is 5.91. The average Bonchev–Trinajstić information content (AvgIpc) is 3.12. The number of ketones is 1. The number of ether oxygens (including phenoxy) is 2. The maximum absolute atomic E-state index is 12.6. The zero-order valence-corrected chi connectivity index (χ0v) is 15.6. The lowest BCUT2D eigenvalue weighted by atomic mass is 10.1. The Morgan fingerprint density at radius 1 is 1.19 bits per heavy atom. The highest BCUT2D eigenvalue weighted by atomic mass is 16.5. The molecular formula is C22H23NO4. The van der Waals surface area contributed by atoms with Crippen LogP contribution in [0.1, 0.15) is 35.7 Å². The van der Waals surface area contributed by atoms with E-state index in [-0.39, 0.29) is 11.7 Å². The minimum absolute atomic E-state index is 0.108. The number of rotatable bonds is 7. The molecule has 3 rings (SSSR count). The third-order valence-electron chi connectivity index (χ3n) is 4.43. The predicted molar refractivity (Wildman–Crippen MR) is 106 cm³/mol. The summed E-state index contributed by atoms with van der Waals surface area (Å²) in [4.78, 5) is 26.2. The summed E-state index contributed by atoms with van der Waals surface area (Å²) in [6.45, 7) is 3.15. The van der Waals surface area contributed by atoms with Crippen molar-refractivity contribution in [2.24, 2.45) is 0 Å². The van der Waals surface area contributed by atoms with Crippen LogP contribution in [0.4, 0.5) is 5.69 Å². The molecule has 1 fully saturated rings. The Balaban J connectivity index is 1.77. The van der Waals surface area contributed by atoms with Gasteiger partial charge in [0, 0.05) is 24.2 Å². The standard InChI is InChI=1S/C22H23NO4/c1-3-27-21-14-16(10-12-20(21)26-2)9-11-19(24)17-6-4-7-18(15-17)23-13-5-8-22(23)25/h4,6-7,9-12,14-15H,3,5,8,13H2,1-2H3/b11-9+. The van der Waals surface area contributed by atoms with Crippen LogP contribution in [0, 0.1) is 0 Å². The largest absolute Gasteiger partial charge is 0.493 e. The molecule has 0 aromatic heterocycles. The maximum Gasteiger partial charge on any atom is 0.227 e. The molecule has 0 spiro atoms. The molecule has 0 aliphatic carbocycles. The number of hydrogen-bond donors (Lipinski definition) is 0. The number of methoxy groups -OCH3 is 1. The molecule has 2 aromatic rings. The van der Waals surface area contributed by atoms with Crippen molar-refractivity contribution >= 4 is 23.5 Å². The normalized spacial score (nSPS) is 14.0. The van der Waals surface area contributed by atoms with Crippen molar-refractivity contribution in [3.8, 4) is 11.5 Å².